The van der Waals surface area contributed by atoms with E-state index in [9.17, 15) is 13.2 Å². The minimum Gasteiger partial charge on any atom is -0.379 e. The lowest BCUT2D eigenvalue weighted by Crippen LogP contribution is -2.63. The molecule has 1 aromatic heterocycles. The Morgan fingerprint density at radius 3 is 2.56 bits per heavy atom. The molecule has 7 nitrogen and oxygen atoms in total. The summed E-state index contributed by atoms with van der Waals surface area (Å²) in [6.07, 6.45) is 1.25. The number of sulfonamides is 1. The summed E-state index contributed by atoms with van der Waals surface area (Å²) in [5.41, 5.74) is 0. The van der Waals surface area contributed by atoms with Gasteiger partial charge in [-0.15, -0.1) is 11.3 Å². The summed E-state index contributed by atoms with van der Waals surface area (Å²) in [5, 5.41) is 0. The van der Waals surface area contributed by atoms with E-state index in [1.807, 2.05) is 19.1 Å². The average molecular weight is 388 g/mol. The molecule has 2 aliphatic rings. The third-order valence-corrected chi connectivity index (χ3v) is 7.00. The lowest BCUT2D eigenvalue weighted by atomic mass is 10.1. The Hall–Kier alpha value is -1.00. The van der Waals surface area contributed by atoms with Gasteiger partial charge in [0.25, 0.3) is 5.91 Å². The van der Waals surface area contributed by atoms with Crippen LogP contribution in [0.5, 0.6) is 0 Å². The van der Waals surface area contributed by atoms with Gasteiger partial charge in [0, 0.05) is 44.1 Å². The Bertz CT molecular complexity index is 707. The van der Waals surface area contributed by atoms with Crippen molar-refractivity contribution in [1.82, 2.24) is 14.1 Å². The summed E-state index contributed by atoms with van der Waals surface area (Å²) in [7, 11) is -3.30. The summed E-state index contributed by atoms with van der Waals surface area (Å²) >= 11 is 1.48. The summed E-state index contributed by atoms with van der Waals surface area (Å²) in [6, 6.07) is 3.64. The van der Waals surface area contributed by atoms with Crippen molar-refractivity contribution in [1.29, 1.82) is 0 Å². The molecule has 0 unspecified atom stereocenters. The number of likely N-dealkylation sites (tertiary alicyclic amines) is 1. The molecule has 25 heavy (non-hydrogen) atoms. The van der Waals surface area contributed by atoms with E-state index in [4.69, 9.17) is 4.74 Å². The fourth-order valence-electron chi connectivity index (χ4n) is 3.19. The number of aryl methyl sites for hydroxylation is 1. The number of morpholine rings is 1. The van der Waals surface area contributed by atoms with Gasteiger partial charge in [0.1, 0.15) is 0 Å². The van der Waals surface area contributed by atoms with E-state index in [2.05, 4.69) is 4.90 Å². The Morgan fingerprint density at radius 1 is 1.32 bits per heavy atom. The zero-order valence-corrected chi connectivity index (χ0v) is 16.3. The van der Waals surface area contributed by atoms with E-state index in [1.165, 1.54) is 17.6 Å². The van der Waals surface area contributed by atoms with E-state index in [0.717, 1.165) is 22.8 Å². The summed E-state index contributed by atoms with van der Waals surface area (Å²) in [4.78, 5) is 18.2. The molecule has 0 atom stereocenters. The number of nitrogens with zero attached hydrogens (tertiary/aromatic N) is 3. The highest BCUT2D eigenvalue weighted by atomic mass is 32.2. The van der Waals surface area contributed by atoms with Crippen molar-refractivity contribution < 1.29 is 17.9 Å². The number of hydrogen-bond donors (Lipinski definition) is 0. The van der Waals surface area contributed by atoms with Crippen molar-refractivity contribution in [3.63, 3.8) is 0 Å². The second-order valence-corrected chi connectivity index (χ2v) is 9.82. The van der Waals surface area contributed by atoms with Gasteiger partial charge < -0.3 is 9.64 Å². The molecular weight excluding hydrogens is 362 g/mol. The van der Waals surface area contributed by atoms with Crippen LogP contribution in [0.2, 0.25) is 0 Å². The SMILES string of the molecule is Cc1ccc(C(=O)N2CC(N(CCN3CCOCC3)S(C)(=O)=O)C2)s1. The summed E-state index contributed by atoms with van der Waals surface area (Å²) in [5.74, 6) is -0.00372. The number of carbonyl (C=O) groups excluding carboxylic acids is 1. The van der Waals surface area contributed by atoms with E-state index in [-0.39, 0.29) is 11.9 Å². The summed E-state index contributed by atoms with van der Waals surface area (Å²) in [6.45, 7) is 7.13. The highest BCUT2D eigenvalue weighted by Crippen LogP contribution is 2.23. The van der Waals surface area contributed by atoms with Gasteiger partial charge in [-0.3, -0.25) is 9.69 Å². The van der Waals surface area contributed by atoms with Crippen LogP contribution >= 0.6 is 11.3 Å². The molecule has 1 amide bonds. The fourth-order valence-corrected chi connectivity index (χ4v) is 5.12. The van der Waals surface area contributed by atoms with Crippen molar-refractivity contribution in [2.24, 2.45) is 0 Å². The molecule has 0 spiro atoms. The molecule has 0 aromatic carbocycles. The van der Waals surface area contributed by atoms with Crippen molar-refractivity contribution in [3.05, 3.63) is 21.9 Å². The Morgan fingerprint density at radius 2 is 2.00 bits per heavy atom. The van der Waals surface area contributed by atoms with E-state index >= 15 is 0 Å². The molecular formula is C16H25N3O4S2. The number of ether oxygens (including phenoxy) is 1. The van der Waals surface area contributed by atoms with Crippen LogP contribution in [-0.4, -0.2) is 93.2 Å². The number of rotatable bonds is 6. The molecule has 2 aliphatic heterocycles. The van der Waals surface area contributed by atoms with Crippen molar-refractivity contribution in [2.75, 3.05) is 58.7 Å². The fraction of sp³-hybridized carbons (Fsp3) is 0.688. The van der Waals surface area contributed by atoms with Crippen LogP contribution in [-0.2, 0) is 14.8 Å². The van der Waals surface area contributed by atoms with Crippen LogP contribution in [0.25, 0.3) is 0 Å². The van der Waals surface area contributed by atoms with Gasteiger partial charge in [0.05, 0.1) is 30.4 Å². The second-order valence-electron chi connectivity index (χ2n) is 6.60. The maximum atomic E-state index is 12.4. The first-order valence-electron chi connectivity index (χ1n) is 8.47. The van der Waals surface area contributed by atoms with Crippen LogP contribution < -0.4 is 0 Å². The molecule has 2 saturated heterocycles. The molecule has 0 bridgehead atoms. The van der Waals surface area contributed by atoms with Crippen LogP contribution in [0.15, 0.2) is 12.1 Å². The molecule has 0 radical (unpaired) electrons. The quantitative estimate of drug-likeness (QED) is 0.710. The number of hydrogen-bond acceptors (Lipinski definition) is 6. The van der Waals surface area contributed by atoms with Gasteiger partial charge in [-0.25, -0.2) is 8.42 Å². The Balaban J connectivity index is 1.55. The van der Waals surface area contributed by atoms with Gasteiger partial charge in [-0.1, -0.05) is 0 Å². The minimum absolute atomic E-state index is 0.00372. The maximum absolute atomic E-state index is 12.4. The molecule has 3 rings (SSSR count). The standard InChI is InChI=1S/C16H25N3O4S2/c1-13-3-4-15(24-13)16(20)18-11-14(12-18)19(25(2,21)22)6-5-17-7-9-23-10-8-17/h3-4,14H,5-12H2,1-2H3. The number of thiophene rings is 1. The van der Waals surface area contributed by atoms with Crippen molar-refractivity contribution in [2.45, 2.75) is 13.0 Å². The molecule has 1 aromatic rings. The zero-order valence-electron chi connectivity index (χ0n) is 14.7. The minimum atomic E-state index is -3.30. The predicted molar refractivity (Wildman–Crippen MR) is 97.6 cm³/mol. The van der Waals surface area contributed by atoms with Crippen molar-refractivity contribution in [3.8, 4) is 0 Å². The van der Waals surface area contributed by atoms with Crippen LogP contribution in [0.4, 0.5) is 0 Å². The summed E-state index contributed by atoms with van der Waals surface area (Å²) < 4.78 is 31.2. The molecule has 2 fully saturated rings. The maximum Gasteiger partial charge on any atom is 0.264 e. The predicted octanol–water partition coefficient (Wildman–Crippen LogP) is 0.475. The highest BCUT2D eigenvalue weighted by Gasteiger charge is 2.39. The first-order chi connectivity index (χ1) is 11.8. The highest BCUT2D eigenvalue weighted by molar-refractivity contribution is 7.88. The van der Waals surface area contributed by atoms with Crippen molar-refractivity contribution >= 4 is 27.3 Å². The first kappa shape index (κ1) is 18.8. The van der Waals surface area contributed by atoms with Gasteiger partial charge in [0.2, 0.25) is 10.0 Å². The second kappa shape index (κ2) is 7.71. The zero-order chi connectivity index (χ0) is 18.0. The average Bonchev–Trinajstić information content (AvgIpc) is 2.95. The van der Waals surface area contributed by atoms with Crippen LogP contribution in [0, 0.1) is 6.92 Å². The van der Waals surface area contributed by atoms with E-state index < -0.39 is 10.0 Å². The largest absolute Gasteiger partial charge is 0.379 e. The number of carbonyl (C=O) groups is 1. The first-order valence-corrected chi connectivity index (χ1v) is 11.1. The van der Waals surface area contributed by atoms with Crippen LogP contribution in [0.1, 0.15) is 14.5 Å². The van der Waals surface area contributed by atoms with Gasteiger partial charge in [-0.05, 0) is 19.1 Å². The molecule has 9 heteroatoms. The van der Waals surface area contributed by atoms with E-state index in [1.54, 1.807) is 9.21 Å². The number of amides is 1. The molecule has 140 valence electrons. The van der Waals surface area contributed by atoms with Crippen LogP contribution in [0.3, 0.4) is 0 Å². The molecule has 0 saturated carbocycles. The monoisotopic (exact) mass is 387 g/mol. The van der Waals surface area contributed by atoms with Gasteiger partial charge in [-0.2, -0.15) is 4.31 Å². The third kappa shape index (κ3) is 4.59. The lowest BCUT2D eigenvalue weighted by Gasteiger charge is -2.44. The normalized spacial score (nSPS) is 20.0. The molecule has 3 heterocycles. The van der Waals surface area contributed by atoms with Gasteiger partial charge in [0.15, 0.2) is 0 Å². The topological polar surface area (TPSA) is 70.2 Å². The molecule has 0 N–H and O–H groups in total. The Kier molecular flexibility index (Phi) is 5.79. The van der Waals surface area contributed by atoms with E-state index in [0.29, 0.717) is 39.4 Å². The third-order valence-electron chi connectivity index (χ3n) is 4.67. The van der Waals surface area contributed by atoms with Gasteiger partial charge >= 0.3 is 0 Å². The Labute approximate surface area is 153 Å². The lowest BCUT2D eigenvalue weighted by molar-refractivity contribution is 0.0271. The molecule has 0 aliphatic carbocycles. The smallest absolute Gasteiger partial charge is 0.264 e.